The highest BCUT2D eigenvalue weighted by atomic mass is 32.1. The van der Waals surface area contributed by atoms with Crippen molar-refractivity contribution in [3.05, 3.63) is 56.1 Å². The first-order valence-corrected chi connectivity index (χ1v) is 10.5. The molecule has 3 aromatic rings. The summed E-state index contributed by atoms with van der Waals surface area (Å²) in [4.78, 5) is 16.2. The van der Waals surface area contributed by atoms with Crippen LogP contribution in [0.15, 0.2) is 34.4 Å². The predicted octanol–water partition coefficient (Wildman–Crippen LogP) is 3.60. The van der Waals surface area contributed by atoms with E-state index >= 15 is 0 Å². The molecule has 0 aliphatic carbocycles. The van der Waals surface area contributed by atoms with E-state index in [0.717, 1.165) is 29.7 Å². The van der Waals surface area contributed by atoms with E-state index in [1.54, 1.807) is 11.3 Å². The summed E-state index contributed by atoms with van der Waals surface area (Å²) < 4.78 is 3.66. The molecule has 0 spiro atoms. The minimum absolute atomic E-state index is 0.0576. The second-order valence-corrected chi connectivity index (χ2v) is 8.14. The standard InChI is InChI=1S/C21H29N3O2S/c1-5-23-18-8-7-17(11-19(18)24(6-2)21(23)26)13-22(12-16(4)25)14-20-15(3)9-10-27-20/h7-11,16,25H,5-6,12-14H2,1-4H3/t16-/m0/s1. The van der Waals surface area contributed by atoms with Crippen LogP contribution < -0.4 is 5.69 Å². The minimum atomic E-state index is -0.385. The molecular formula is C21H29N3O2S. The zero-order chi connectivity index (χ0) is 19.6. The maximum atomic E-state index is 12.6. The van der Waals surface area contributed by atoms with Gasteiger partial charge < -0.3 is 5.11 Å². The Morgan fingerprint density at radius 3 is 2.41 bits per heavy atom. The summed E-state index contributed by atoms with van der Waals surface area (Å²) in [6, 6.07) is 8.42. The third-order valence-corrected chi connectivity index (χ3v) is 5.99. The van der Waals surface area contributed by atoms with Crippen molar-refractivity contribution >= 4 is 22.4 Å². The summed E-state index contributed by atoms with van der Waals surface area (Å²) in [5.41, 5.74) is 4.50. The molecule has 27 heavy (non-hydrogen) atoms. The Bertz CT molecular complexity index is 968. The Balaban J connectivity index is 1.92. The average molecular weight is 388 g/mol. The number of aromatic nitrogens is 2. The molecule has 0 saturated carbocycles. The third kappa shape index (κ3) is 4.18. The fourth-order valence-corrected chi connectivity index (χ4v) is 4.61. The zero-order valence-corrected chi connectivity index (χ0v) is 17.4. The summed E-state index contributed by atoms with van der Waals surface area (Å²) in [6.45, 7) is 11.5. The van der Waals surface area contributed by atoms with Gasteiger partial charge in [0.2, 0.25) is 0 Å². The highest BCUT2D eigenvalue weighted by Crippen LogP contribution is 2.21. The van der Waals surface area contributed by atoms with Crippen LogP contribution in [0.4, 0.5) is 0 Å². The normalized spacial score (nSPS) is 13.0. The number of rotatable bonds is 8. The molecule has 0 bridgehead atoms. The number of imidazole rings is 1. The monoisotopic (exact) mass is 387 g/mol. The first-order valence-electron chi connectivity index (χ1n) is 9.59. The number of hydrogen-bond donors (Lipinski definition) is 1. The van der Waals surface area contributed by atoms with E-state index in [-0.39, 0.29) is 11.8 Å². The van der Waals surface area contributed by atoms with Gasteiger partial charge in [-0.3, -0.25) is 14.0 Å². The van der Waals surface area contributed by atoms with Crippen LogP contribution in [0.1, 0.15) is 36.8 Å². The number of aryl methyl sites for hydroxylation is 3. The quantitative estimate of drug-likeness (QED) is 0.643. The van der Waals surface area contributed by atoms with Crippen molar-refractivity contribution in [3.63, 3.8) is 0 Å². The fourth-order valence-electron chi connectivity index (χ4n) is 3.66. The second-order valence-electron chi connectivity index (χ2n) is 7.14. The predicted molar refractivity (Wildman–Crippen MR) is 112 cm³/mol. The SMILES string of the molecule is CCn1c(=O)n(CC)c2cc(CN(Cc3sccc3C)C[C@H](C)O)ccc21. The molecule has 5 nitrogen and oxygen atoms in total. The molecule has 0 amide bonds. The van der Waals surface area contributed by atoms with Crippen LogP contribution in [0.3, 0.4) is 0 Å². The molecule has 1 N–H and O–H groups in total. The number of hydrogen-bond acceptors (Lipinski definition) is 4. The Morgan fingerprint density at radius 2 is 1.81 bits per heavy atom. The Morgan fingerprint density at radius 1 is 1.11 bits per heavy atom. The van der Waals surface area contributed by atoms with Crippen LogP contribution in [-0.4, -0.2) is 31.8 Å². The van der Waals surface area contributed by atoms with Crippen molar-refractivity contribution in [2.75, 3.05) is 6.54 Å². The highest BCUT2D eigenvalue weighted by Gasteiger charge is 2.15. The van der Waals surface area contributed by atoms with E-state index in [2.05, 4.69) is 41.5 Å². The van der Waals surface area contributed by atoms with Crippen molar-refractivity contribution in [2.24, 2.45) is 0 Å². The number of benzene rings is 1. The molecule has 0 aliphatic heterocycles. The molecule has 0 aliphatic rings. The first-order chi connectivity index (χ1) is 12.9. The summed E-state index contributed by atoms with van der Waals surface area (Å²) >= 11 is 1.76. The van der Waals surface area contributed by atoms with Gasteiger partial charge in [0, 0.05) is 37.6 Å². The Kier molecular flexibility index (Phi) is 6.19. The lowest BCUT2D eigenvalue weighted by Gasteiger charge is -2.24. The lowest BCUT2D eigenvalue weighted by atomic mass is 10.1. The Labute approximate surface area is 164 Å². The number of nitrogens with zero attached hydrogens (tertiary/aromatic N) is 3. The zero-order valence-electron chi connectivity index (χ0n) is 16.6. The van der Waals surface area contributed by atoms with Gasteiger partial charge in [-0.2, -0.15) is 0 Å². The van der Waals surface area contributed by atoms with Crippen molar-refractivity contribution in [1.82, 2.24) is 14.0 Å². The topological polar surface area (TPSA) is 50.4 Å². The molecule has 1 aromatic carbocycles. The summed E-state index contributed by atoms with van der Waals surface area (Å²) in [7, 11) is 0. The van der Waals surface area contributed by atoms with Crippen molar-refractivity contribution in [1.29, 1.82) is 0 Å². The lowest BCUT2D eigenvalue weighted by Crippen LogP contribution is -2.30. The molecule has 146 valence electrons. The maximum Gasteiger partial charge on any atom is 0.329 e. The van der Waals surface area contributed by atoms with Crippen LogP contribution in [0, 0.1) is 6.92 Å². The molecule has 0 fully saturated rings. The van der Waals surface area contributed by atoms with Crippen LogP contribution in [0.5, 0.6) is 0 Å². The molecule has 3 rings (SSSR count). The number of aliphatic hydroxyl groups excluding tert-OH is 1. The third-order valence-electron chi connectivity index (χ3n) is 4.98. The van der Waals surface area contributed by atoms with E-state index < -0.39 is 0 Å². The fraction of sp³-hybridized carbons (Fsp3) is 0.476. The van der Waals surface area contributed by atoms with E-state index in [4.69, 9.17) is 0 Å². The molecule has 2 aromatic heterocycles. The van der Waals surface area contributed by atoms with E-state index in [9.17, 15) is 9.90 Å². The molecular weight excluding hydrogens is 358 g/mol. The summed E-state index contributed by atoms with van der Waals surface area (Å²) in [5.74, 6) is 0. The Hall–Kier alpha value is -1.89. The van der Waals surface area contributed by atoms with Crippen LogP contribution in [0.25, 0.3) is 11.0 Å². The summed E-state index contributed by atoms with van der Waals surface area (Å²) in [5, 5.41) is 12.1. The minimum Gasteiger partial charge on any atom is -0.392 e. The number of aliphatic hydroxyl groups is 1. The van der Waals surface area contributed by atoms with E-state index in [1.807, 2.05) is 29.9 Å². The van der Waals surface area contributed by atoms with Gasteiger partial charge in [0.05, 0.1) is 17.1 Å². The van der Waals surface area contributed by atoms with Crippen molar-refractivity contribution in [2.45, 2.75) is 60.0 Å². The maximum absolute atomic E-state index is 12.6. The van der Waals surface area contributed by atoms with Crippen LogP contribution in [-0.2, 0) is 26.2 Å². The molecule has 0 unspecified atom stereocenters. The molecule has 0 radical (unpaired) electrons. The van der Waals surface area contributed by atoms with Gasteiger partial charge in [0.15, 0.2) is 0 Å². The van der Waals surface area contributed by atoms with Gasteiger partial charge >= 0.3 is 5.69 Å². The van der Waals surface area contributed by atoms with Gasteiger partial charge in [0.1, 0.15) is 0 Å². The molecule has 1 atom stereocenters. The van der Waals surface area contributed by atoms with Gasteiger partial charge in [0.25, 0.3) is 0 Å². The number of thiophene rings is 1. The molecule has 2 heterocycles. The van der Waals surface area contributed by atoms with Crippen LogP contribution >= 0.6 is 11.3 Å². The molecule has 6 heteroatoms. The smallest absolute Gasteiger partial charge is 0.329 e. The average Bonchev–Trinajstić information content (AvgIpc) is 3.13. The van der Waals surface area contributed by atoms with Crippen molar-refractivity contribution < 1.29 is 5.11 Å². The molecule has 0 saturated heterocycles. The van der Waals surface area contributed by atoms with Crippen LogP contribution in [0.2, 0.25) is 0 Å². The first kappa shape index (κ1) is 19.9. The second kappa shape index (κ2) is 8.42. The van der Waals surface area contributed by atoms with Gasteiger partial charge in [-0.15, -0.1) is 11.3 Å². The van der Waals surface area contributed by atoms with E-state index in [0.29, 0.717) is 19.6 Å². The van der Waals surface area contributed by atoms with Crippen molar-refractivity contribution in [3.8, 4) is 0 Å². The largest absolute Gasteiger partial charge is 0.392 e. The number of fused-ring (bicyclic) bond motifs is 1. The van der Waals surface area contributed by atoms with Gasteiger partial charge in [-0.25, -0.2) is 4.79 Å². The van der Waals surface area contributed by atoms with E-state index in [1.165, 1.54) is 10.4 Å². The van der Waals surface area contributed by atoms with Gasteiger partial charge in [-0.05, 0) is 62.4 Å². The lowest BCUT2D eigenvalue weighted by molar-refractivity contribution is 0.118. The highest BCUT2D eigenvalue weighted by molar-refractivity contribution is 7.10. The summed E-state index contributed by atoms with van der Waals surface area (Å²) in [6.07, 6.45) is -0.385. The van der Waals surface area contributed by atoms with Gasteiger partial charge in [-0.1, -0.05) is 6.07 Å².